The van der Waals surface area contributed by atoms with Gasteiger partial charge in [0.25, 0.3) is 0 Å². The van der Waals surface area contributed by atoms with E-state index in [0.29, 0.717) is 19.3 Å². The molecule has 0 spiro atoms. The number of likely N-dealkylation sites (tertiary alicyclic amines) is 1. The van der Waals surface area contributed by atoms with Crippen LogP contribution in [0.1, 0.15) is 30.0 Å². The number of rotatable bonds is 7. The molecule has 0 radical (unpaired) electrons. The molecule has 4 rings (SSSR count). The zero-order chi connectivity index (χ0) is 18.5. The van der Waals surface area contributed by atoms with Gasteiger partial charge in [-0.1, -0.05) is 18.2 Å². The molecular formula is C22H28N2O3. The van der Waals surface area contributed by atoms with Crippen LogP contribution in [0.25, 0.3) is 0 Å². The lowest BCUT2D eigenvalue weighted by atomic mass is 10.0. The van der Waals surface area contributed by atoms with Gasteiger partial charge >= 0.3 is 0 Å². The number of nitrogens with zero attached hydrogens (tertiary/aromatic N) is 1. The van der Waals surface area contributed by atoms with E-state index in [4.69, 9.17) is 14.2 Å². The lowest BCUT2D eigenvalue weighted by Gasteiger charge is -2.28. The molecule has 1 unspecified atom stereocenters. The average Bonchev–Trinajstić information content (AvgIpc) is 3.25. The predicted molar refractivity (Wildman–Crippen MR) is 106 cm³/mol. The number of nitrogens with one attached hydrogen (secondary N) is 1. The highest BCUT2D eigenvalue weighted by Gasteiger charge is 2.23. The molecule has 27 heavy (non-hydrogen) atoms. The molecule has 5 nitrogen and oxygen atoms in total. The first-order chi connectivity index (χ1) is 13.3. The van der Waals surface area contributed by atoms with Gasteiger partial charge in [-0.25, -0.2) is 0 Å². The number of hydrogen-bond donors (Lipinski definition) is 1. The maximum absolute atomic E-state index is 5.69. The fourth-order valence-electron chi connectivity index (χ4n) is 3.91. The molecule has 2 aromatic rings. The largest absolute Gasteiger partial charge is 0.497 e. The molecule has 1 saturated heterocycles. The van der Waals surface area contributed by atoms with Gasteiger partial charge in [0.05, 0.1) is 7.11 Å². The Morgan fingerprint density at radius 3 is 2.67 bits per heavy atom. The number of hydrogen-bond acceptors (Lipinski definition) is 5. The van der Waals surface area contributed by atoms with Gasteiger partial charge in [0.15, 0.2) is 11.5 Å². The first kappa shape index (κ1) is 18.1. The quantitative estimate of drug-likeness (QED) is 0.811. The first-order valence-corrected chi connectivity index (χ1v) is 9.81. The van der Waals surface area contributed by atoms with E-state index in [1.807, 2.05) is 12.1 Å². The van der Waals surface area contributed by atoms with Gasteiger partial charge in [-0.2, -0.15) is 0 Å². The zero-order valence-electron chi connectivity index (χ0n) is 15.9. The van der Waals surface area contributed by atoms with Crippen molar-refractivity contribution in [3.63, 3.8) is 0 Å². The van der Waals surface area contributed by atoms with Gasteiger partial charge in [-0.3, -0.25) is 4.90 Å². The minimum absolute atomic E-state index is 0.361. The van der Waals surface area contributed by atoms with Crippen molar-refractivity contribution in [2.45, 2.75) is 25.4 Å². The molecule has 2 aliphatic rings. The summed E-state index contributed by atoms with van der Waals surface area (Å²) in [5, 5.41) is 3.64. The van der Waals surface area contributed by atoms with E-state index < -0.39 is 0 Å². The van der Waals surface area contributed by atoms with Crippen LogP contribution in [0.3, 0.4) is 0 Å². The highest BCUT2D eigenvalue weighted by atomic mass is 16.6. The van der Waals surface area contributed by atoms with Gasteiger partial charge in [-0.05, 0) is 61.3 Å². The van der Waals surface area contributed by atoms with E-state index >= 15 is 0 Å². The molecule has 0 aliphatic carbocycles. The van der Waals surface area contributed by atoms with E-state index in [1.54, 1.807) is 7.11 Å². The van der Waals surface area contributed by atoms with Gasteiger partial charge < -0.3 is 19.5 Å². The highest BCUT2D eigenvalue weighted by Crippen LogP contribution is 2.31. The van der Waals surface area contributed by atoms with Crippen LogP contribution in [0, 0.1) is 0 Å². The van der Waals surface area contributed by atoms with Crippen LogP contribution < -0.4 is 19.5 Å². The van der Waals surface area contributed by atoms with Crippen molar-refractivity contribution in [2.24, 2.45) is 0 Å². The SMILES string of the molecule is COc1cccc(C(CNCc2ccc3c(c2)OCCO3)N2CCCC2)c1. The average molecular weight is 368 g/mol. The second-order valence-electron chi connectivity index (χ2n) is 7.14. The van der Waals surface area contributed by atoms with E-state index in [9.17, 15) is 0 Å². The molecule has 0 amide bonds. The van der Waals surface area contributed by atoms with Crippen molar-refractivity contribution in [2.75, 3.05) is 40.0 Å². The third-order valence-corrected chi connectivity index (χ3v) is 5.33. The second kappa shape index (κ2) is 8.63. The smallest absolute Gasteiger partial charge is 0.161 e. The molecule has 0 saturated carbocycles. The van der Waals surface area contributed by atoms with Crippen LogP contribution in [0.2, 0.25) is 0 Å². The number of fused-ring (bicyclic) bond motifs is 1. The van der Waals surface area contributed by atoms with Crippen molar-refractivity contribution >= 4 is 0 Å². The van der Waals surface area contributed by atoms with E-state index in [2.05, 4.69) is 40.5 Å². The normalized spacial score (nSPS) is 17.7. The Morgan fingerprint density at radius 2 is 1.85 bits per heavy atom. The minimum atomic E-state index is 0.361. The molecule has 0 aromatic heterocycles. The molecule has 144 valence electrons. The van der Waals surface area contributed by atoms with Crippen molar-refractivity contribution in [3.8, 4) is 17.2 Å². The summed E-state index contributed by atoms with van der Waals surface area (Å²) in [5.74, 6) is 2.62. The lowest BCUT2D eigenvalue weighted by molar-refractivity contribution is 0.171. The Bertz CT molecular complexity index is 759. The maximum Gasteiger partial charge on any atom is 0.161 e. The van der Waals surface area contributed by atoms with Gasteiger partial charge in [0, 0.05) is 19.1 Å². The summed E-state index contributed by atoms with van der Waals surface area (Å²) in [6.07, 6.45) is 2.56. The van der Waals surface area contributed by atoms with Crippen LogP contribution in [-0.2, 0) is 6.54 Å². The Balaban J connectivity index is 1.42. The molecule has 1 N–H and O–H groups in total. The maximum atomic E-state index is 5.69. The molecule has 1 atom stereocenters. The van der Waals surface area contributed by atoms with Crippen LogP contribution in [0.4, 0.5) is 0 Å². The first-order valence-electron chi connectivity index (χ1n) is 9.81. The van der Waals surface area contributed by atoms with E-state index in [1.165, 1.54) is 24.0 Å². The fourth-order valence-corrected chi connectivity index (χ4v) is 3.91. The van der Waals surface area contributed by atoms with E-state index in [0.717, 1.165) is 43.4 Å². The highest BCUT2D eigenvalue weighted by molar-refractivity contribution is 5.43. The molecular weight excluding hydrogens is 340 g/mol. The Hall–Kier alpha value is -2.24. The molecule has 1 fully saturated rings. The molecule has 2 heterocycles. The van der Waals surface area contributed by atoms with Crippen LogP contribution in [0.5, 0.6) is 17.2 Å². The lowest BCUT2D eigenvalue weighted by Crippen LogP contribution is -2.34. The molecule has 0 bridgehead atoms. The summed E-state index contributed by atoms with van der Waals surface area (Å²) in [4.78, 5) is 2.57. The van der Waals surface area contributed by atoms with Crippen molar-refractivity contribution < 1.29 is 14.2 Å². The van der Waals surface area contributed by atoms with Crippen LogP contribution in [0.15, 0.2) is 42.5 Å². The molecule has 2 aromatic carbocycles. The Labute approximate surface area is 161 Å². The predicted octanol–water partition coefficient (Wildman–Crippen LogP) is 3.39. The van der Waals surface area contributed by atoms with Crippen molar-refractivity contribution in [1.29, 1.82) is 0 Å². The summed E-state index contributed by atoms with van der Waals surface area (Å²) in [7, 11) is 1.73. The fraction of sp³-hybridized carbons (Fsp3) is 0.455. The van der Waals surface area contributed by atoms with Gasteiger partial charge in [0.2, 0.25) is 0 Å². The van der Waals surface area contributed by atoms with Crippen molar-refractivity contribution in [1.82, 2.24) is 10.2 Å². The minimum Gasteiger partial charge on any atom is -0.497 e. The number of ether oxygens (including phenoxy) is 3. The van der Waals surface area contributed by atoms with Crippen LogP contribution >= 0.6 is 0 Å². The third-order valence-electron chi connectivity index (χ3n) is 5.33. The summed E-state index contributed by atoms with van der Waals surface area (Å²) >= 11 is 0. The zero-order valence-corrected chi connectivity index (χ0v) is 15.9. The number of methoxy groups -OCH3 is 1. The van der Waals surface area contributed by atoms with Gasteiger partial charge in [-0.15, -0.1) is 0 Å². The van der Waals surface area contributed by atoms with Crippen LogP contribution in [-0.4, -0.2) is 44.9 Å². The van der Waals surface area contributed by atoms with E-state index in [-0.39, 0.29) is 0 Å². The summed E-state index contributed by atoms with van der Waals surface area (Å²) in [6.45, 7) is 5.28. The van der Waals surface area contributed by atoms with Gasteiger partial charge in [0.1, 0.15) is 19.0 Å². The Kier molecular flexibility index (Phi) is 5.80. The monoisotopic (exact) mass is 368 g/mol. The topological polar surface area (TPSA) is 43.0 Å². The number of benzene rings is 2. The summed E-state index contributed by atoms with van der Waals surface area (Å²) in [6, 6.07) is 15.0. The standard InChI is InChI=1S/C22H28N2O3/c1-25-19-6-4-5-18(14-19)20(24-9-2-3-10-24)16-23-15-17-7-8-21-22(13-17)27-12-11-26-21/h4-8,13-14,20,23H,2-3,9-12,15-16H2,1H3. The molecule has 2 aliphatic heterocycles. The third kappa shape index (κ3) is 4.37. The summed E-state index contributed by atoms with van der Waals surface area (Å²) in [5.41, 5.74) is 2.52. The van der Waals surface area contributed by atoms with Crippen molar-refractivity contribution in [3.05, 3.63) is 53.6 Å². The second-order valence-corrected chi connectivity index (χ2v) is 7.14. The Morgan fingerprint density at radius 1 is 1.04 bits per heavy atom. The molecule has 5 heteroatoms. The summed E-state index contributed by atoms with van der Waals surface area (Å²) < 4.78 is 16.7.